The zero-order valence-electron chi connectivity index (χ0n) is 22.7. The quantitative estimate of drug-likeness (QED) is 0.277. The highest BCUT2D eigenvalue weighted by molar-refractivity contribution is 6.00. The maximum Gasteiger partial charge on any atom is 0.272 e. The van der Waals surface area contributed by atoms with Crippen molar-refractivity contribution < 1.29 is 9.59 Å². The van der Waals surface area contributed by atoms with Crippen molar-refractivity contribution in [3.05, 3.63) is 59.9 Å². The molecule has 7 rings (SSSR count). The van der Waals surface area contributed by atoms with E-state index in [9.17, 15) is 9.59 Å². The number of hydrogen-bond acceptors (Lipinski definition) is 9. The largest absolute Gasteiger partial charge is 0.383 e. The number of amides is 1. The summed E-state index contributed by atoms with van der Waals surface area (Å²) in [5.41, 5.74) is 17.7. The molecule has 1 amide bonds. The van der Waals surface area contributed by atoms with Gasteiger partial charge in [0.1, 0.15) is 17.3 Å². The molecule has 0 aliphatic carbocycles. The number of carbonyl (C=O) groups is 2. The van der Waals surface area contributed by atoms with Crippen molar-refractivity contribution >= 4 is 29.0 Å². The van der Waals surface area contributed by atoms with Crippen LogP contribution in [0.25, 0.3) is 28.0 Å². The van der Waals surface area contributed by atoms with Gasteiger partial charge < -0.3 is 16.4 Å². The van der Waals surface area contributed by atoms with Crippen LogP contribution < -0.4 is 11.5 Å². The van der Waals surface area contributed by atoms with Crippen molar-refractivity contribution in [2.45, 2.75) is 50.6 Å². The number of aryl methyl sites for hydroxylation is 1. The van der Waals surface area contributed by atoms with E-state index in [0.717, 1.165) is 35.2 Å². The fraction of sp³-hybridized carbons (Fsp3) is 0.321. The van der Waals surface area contributed by atoms with Crippen molar-refractivity contribution in [3.63, 3.8) is 0 Å². The summed E-state index contributed by atoms with van der Waals surface area (Å²) in [4.78, 5) is 37.8. The lowest BCUT2D eigenvalue weighted by molar-refractivity contribution is 0.0562. The number of aromatic amines is 1. The van der Waals surface area contributed by atoms with Crippen LogP contribution in [0.4, 0.5) is 11.6 Å². The van der Waals surface area contributed by atoms with E-state index in [1.165, 1.54) is 11.4 Å². The second kappa shape index (κ2) is 9.25. The number of rotatable bonds is 5. The molecule has 7 heterocycles. The van der Waals surface area contributed by atoms with Crippen molar-refractivity contribution in [1.29, 1.82) is 0 Å². The van der Waals surface area contributed by atoms with E-state index < -0.39 is 0 Å². The van der Waals surface area contributed by atoms with E-state index in [-0.39, 0.29) is 41.3 Å². The predicted octanol–water partition coefficient (Wildman–Crippen LogP) is 2.83. The summed E-state index contributed by atoms with van der Waals surface area (Å²) in [5.74, 6) is 0.250. The van der Waals surface area contributed by atoms with Gasteiger partial charge in [-0.05, 0) is 38.7 Å². The molecule has 13 heteroatoms. The molecule has 5 N–H and O–H groups in total. The normalized spacial score (nSPS) is 20.1. The molecule has 41 heavy (non-hydrogen) atoms. The minimum absolute atomic E-state index is 0.0171. The van der Waals surface area contributed by atoms with E-state index >= 15 is 0 Å². The van der Waals surface area contributed by atoms with Crippen LogP contribution in [0.1, 0.15) is 65.1 Å². The standard InChI is InChI=1S/C28H29N11O2/c1-14(40)24-25(16-7-18-4-5-19(8-16)38(18)28(41)22-9-23(29)36-35-22)34-27-20(12-33-39(27)26(24)30)15-3-6-21(31-10-15)17-11-32-37(2)13-17/h3,6,9-13,16,18-19H,4-5,7-8,30H2,1-2H3,(H3,29,35,36)/t16-,18+,19-. The van der Waals surface area contributed by atoms with Gasteiger partial charge in [0.05, 0.1) is 29.3 Å². The molecule has 0 spiro atoms. The van der Waals surface area contributed by atoms with Gasteiger partial charge in [-0.25, -0.2) is 4.98 Å². The van der Waals surface area contributed by atoms with Gasteiger partial charge in [-0.1, -0.05) is 6.07 Å². The van der Waals surface area contributed by atoms with E-state index in [4.69, 9.17) is 16.5 Å². The van der Waals surface area contributed by atoms with Gasteiger partial charge in [0.25, 0.3) is 5.91 Å². The minimum atomic E-state index is -0.162. The molecule has 0 aromatic carbocycles. The Morgan fingerprint density at radius 3 is 2.41 bits per heavy atom. The number of piperidine rings is 1. The maximum absolute atomic E-state index is 13.3. The second-order valence-electron chi connectivity index (χ2n) is 10.9. The Hall–Kier alpha value is -5.07. The summed E-state index contributed by atoms with van der Waals surface area (Å²) in [7, 11) is 1.86. The fourth-order valence-electron chi connectivity index (χ4n) is 6.49. The fourth-order valence-corrected chi connectivity index (χ4v) is 6.49. The van der Waals surface area contributed by atoms with Crippen molar-refractivity contribution in [2.75, 3.05) is 11.5 Å². The summed E-state index contributed by atoms with van der Waals surface area (Å²) in [5, 5.41) is 15.4. The van der Waals surface area contributed by atoms with E-state index in [1.807, 2.05) is 30.3 Å². The smallest absolute Gasteiger partial charge is 0.272 e. The summed E-state index contributed by atoms with van der Waals surface area (Å²) in [6.45, 7) is 1.50. The number of aromatic nitrogens is 8. The highest BCUT2D eigenvalue weighted by atomic mass is 16.2. The molecule has 2 aliphatic rings. The van der Waals surface area contributed by atoms with Gasteiger partial charge in [0.2, 0.25) is 0 Å². The second-order valence-corrected chi connectivity index (χ2v) is 10.9. The first-order valence-corrected chi connectivity index (χ1v) is 13.6. The van der Waals surface area contributed by atoms with Crippen LogP contribution in [-0.4, -0.2) is 68.2 Å². The van der Waals surface area contributed by atoms with Crippen LogP contribution in [-0.2, 0) is 7.05 Å². The molecule has 13 nitrogen and oxygen atoms in total. The lowest BCUT2D eigenvalue weighted by atomic mass is 9.85. The number of nitrogens with two attached hydrogens (primary N) is 2. The van der Waals surface area contributed by atoms with Crippen molar-refractivity contribution in [3.8, 4) is 22.4 Å². The summed E-state index contributed by atoms with van der Waals surface area (Å²) in [6.07, 6.45) is 10.3. The molecule has 208 valence electrons. The molecule has 2 aliphatic heterocycles. The number of nitrogen functional groups attached to an aromatic ring is 2. The van der Waals surface area contributed by atoms with Gasteiger partial charge in [-0.3, -0.25) is 24.4 Å². The number of nitrogens with one attached hydrogen (secondary N) is 1. The first kappa shape index (κ1) is 24.9. The van der Waals surface area contributed by atoms with Crippen LogP contribution >= 0.6 is 0 Å². The van der Waals surface area contributed by atoms with Gasteiger partial charge in [-0.2, -0.15) is 19.8 Å². The van der Waals surface area contributed by atoms with E-state index in [0.29, 0.717) is 35.4 Å². The molecule has 0 saturated carbocycles. The Labute approximate surface area is 234 Å². The Kier molecular flexibility index (Phi) is 5.63. The first-order chi connectivity index (χ1) is 19.8. The number of Topliss-reactive ketones (excluding diaryl/α,β-unsaturated/α-hetero) is 1. The Morgan fingerprint density at radius 1 is 1.02 bits per heavy atom. The van der Waals surface area contributed by atoms with Crippen LogP contribution in [0.15, 0.2) is 43.0 Å². The van der Waals surface area contributed by atoms with Gasteiger partial charge in [0, 0.05) is 60.2 Å². The average Bonchev–Trinajstić information content (AvgIpc) is 3.74. The molecule has 0 unspecified atom stereocenters. The first-order valence-electron chi connectivity index (χ1n) is 13.6. The van der Waals surface area contributed by atoms with Crippen LogP contribution in [0.3, 0.4) is 0 Å². The number of anilines is 2. The third-order valence-electron chi connectivity index (χ3n) is 8.32. The number of fused-ring (bicyclic) bond motifs is 3. The van der Waals surface area contributed by atoms with Crippen LogP contribution in [0.5, 0.6) is 0 Å². The van der Waals surface area contributed by atoms with Gasteiger partial charge in [0.15, 0.2) is 11.4 Å². The number of ketones is 1. The number of hydrogen-bond donors (Lipinski definition) is 3. The van der Waals surface area contributed by atoms with Crippen molar-refractivity contribution in [2.24, 2.45) is 7.05 Å². The topological polar surface area (TPSA) is 179 Å². The molecule has 0 radical (unpaired) electrons. The third kappa shape index (κ3) is 4.03. The van der Waals surface area contributed by atoms with E-state index in [1.54, 1.807) is 29.3 Å². The zero-order valence-corrected chi connectivity index (χ0v) is 22.7. The van der Waals surface area contributed by atoms with Gasteiger partial charge in [-0.15, -0.1) is 0 Å². The Morgan fingerprint density at radius 2 is 1.80 bits per heavy atom. The van der Waals surface area contributed by atoms with Gasteiger partial charge >= 0.3 is 0 Å². The number of H-pyrrole nitrogens is 1. The molecule has 2 saturated heterocycles. The molecule has 2 bridgehead atoms. The van der Waals surface area contributed by atoms with Crippen LogP contribution in [0.2, 0.25) is 0 Å². The number of pyridine rings is 1. The number of nitrogens with zero attached hydrogens (tertiary/aromatic N) is 8. The average molecular weight is 552 g/mol. The zero-order chi connectivity index (χ0) is 28.4. The molecule has 5 aromatic heterocycles. The summed E-state index contributed by atoms with van der Waals surface area (Å²) < 4.78 is 3.26. The maximum atomic E-state index is 13.3. The lowest BCUT2D eigenvalue weighted by Crippen LogP contribution is -2.46. The van der Waals surface area contributed by atoms with Crippen LogP contribution in [0, 0.1) is 0 Å². The lowest BCUT2D eigenvalue weighted by Gasteiger charge is -2.39. The molecule has 3 atom stereocenters. The summed E-state index contributed by atoms with van der Waals surface area (Å²) in [6, 6.07) is 5.50. The monoisotopic (exact) mass is 551 g/mol. The molecular formula is C28H29N11O2. The number of carbonyl (C=O) groups excluding carboxylic acids is 2. The summed E-state index contributed by atoms with van der Waals surface area (Å²) >= 11 is 0. The highest BCUT2D eigenvalue weighted by Crippen LogP contribution is 2.45. The SMILES string of the molecule is CC(=O)c1c([C@H]2C[C@H]3CC[C@@H](C2)N3C(=O)c2cc(N)n[nH]2)nc2c(-c3ccc(-c4cnn(C)c4)nc3)cnn2c1N. The van der Waals surface area contributed by atoms with Crippen molar-refractivity contribution in [1.82, 2.24) is 44.5 Å². The predicted molar refractivity (Wildman–Crippen MR) is 151 cm³/mol. The third-order valence-corrected chi connectivity index (χ3v) is 8.32. The molecular weight excluding hydrogens is 522 g/mol. The Balaban J connectivity index is 1.25. The highest BCUT2D eigenvalue weighted by Gasteiger charge is 2.45. The van der Waals surface area contributed by atoms with E-state index in [2.05, 4.69) is 25.4 Å². The minimum Gasteiger partial charge on any atom is -0.383 e. The molecule has 2 fully saturated rings. The Bertz CT molecular complexity index is 1800. The molecule has 5 aromatic rings.